The third-order valence-corrected chi connectivity index (χ3v) is 12.4. The van der Waals surface area contributed by atoms with Crippen molar-refractivity contribution in [3.8, 4) is 28.4 Å². The number of aromatic nitrogens is 1. The molecular formula is C49H45NO3P2. The summed E-state index contributed by atoms with van der Waals surface area (Å²) in [7, 11) is -1.59. The third-order valence-electron chi connectivity index (χ3n) is 9.92. The fraction of sp³-hybridized carbons (Fsp3) is 0.163. The summed E-state index contributed by atoms with van der Waals surface area (Å²) in [5.41, 5.74) is 4.55. The van der Waals surface area contributed by atoms with E-state index in [9.17, 15) is 0 Å². The maximum atomic E-state index is 7.66. The normalized spacial score (nSPS) is 12.3. The van der Waals surface area contributed by atoms with E-state index < -0.39 is 8.15 Å². The monoisotopic (exact) mass is 757 g/mol. The molecule has 7 aromatic carbocycles. The topological polar surface area (TPSA) is 40.6 Å². The van der Waals surface area contributed by atoms with E-state index in [-0.39, 0.29) is 19.9 Å². The summed E-state index contributed by atoms with van der Waals surface area (Å²) in [6.45, 7) is 13.6. The van der Waals surface area contributed by atoms with E-state index in [2.05, 4.69) is 168 Å². The zero-order chi connectivity index (χ0) is 38.2. The maximum Gasteiger partial charge on any atom is 0.275 e. The predicted molar refractivity (Wildman–Crippen MR) is 235 cm³/mol. The number of nitrogens with zero attached hydrogens (tertiary/aromatic N) is 1. The molecule has 274 valence electrons. The molecule has 1 atom stereocenters. The van der Waals surface area contributed by atoms with E-state index >= 15 is 0 Å². The predicted octanol–water partition coefficient (Wildman–Crippen LogP) is 13.2. The van der Waals surface area contributed by atoms with Crippen molar-refractivity contribution in [2.75, 3.05) is 0 Å². The Morgan fingerprint density at radius 1 is 0.491 bits per heavy atom. The molecule has 0 fully saturated rings. The second-order valence-electron chi connectivity index (χ2n) is 15.9. The van der Waals surface area contributed by atoms with Gasteiger partial charge < -0.3 is 13.6 Å². The maximum absolute atomic E-state index is 7.66. The summed E-state index contributed by atoms with van der Waals surface area (Å²) >= 11 is 0. The lowest BCUT2D eigenvalue weighted by atomic mass is 9.79. The molecule has 0 aliphatic carbocycles. The summed E-state index contributed by atoms with van der Waals surface area (Å²) in [6.07, 6.45) is 1.80. The largest absolute Gasteiger partial charge is 0.464 e. The Balaban J connectivity index is 1.42. The third kappa shape index (κ3) is 7.42. The molecule has 0 saturated carbocycles. The molecule has 8 rings (SSSR count). The molecule has 4 nitrogen and oxygen atoms in total. The molecule has 0 aliphatic heterocycles. The van der Waals surface area contributed by atoms with Crippen LogP contribution in [0.1, 0.15) is 52.7 Å². The van der Waals surface area contributed by atoms with Gasteiger partial charge in [-0.25, -0.2) is 0 Å². The first kappa shape index (κ1) is 36.7. The molecule has 0 N–H and O–H groups in total. The number of benzene rings is 7. The molecular weight excluding hydrogens is 712 g/mol. The molecule has 0 aliphatic rings. The quantitative estimate of drug-likeness (QED) is 0.138. The lowest BCUT2D eigenvalue weighted by Gasteiger charge is -2.31. The Hall–Kier alpha value is -5.27. The van der Waals surface area contributed by atoms with E-state index in [1.165, 1.54) is 0 Å². The first-order chi connectivity index (χ1) is 26.6. The van der Waals surface area contributed by atoms with Crippen LogP contribution in [0.4, 0.5) is 0 Å². The van der Waals surface area contributed by atoms with Gasteiger partial charge in [-0.2, -0.15) is 0 Å². The summed E-state index contributed by atoms with van der Waals surface area (Å²) in [4.78, 5) is 4.63. The van der Waals surface area contributed by atoms with E-state index in [0.29, 0.717) is 5.75 Å². The van der Waals surface area contributed by atoms with Gasteiger partial charge in [-0.1, -0.05) is 169 Å². The average Bonchev–Trinajstić information content (AvgIpc) is 3.19. The van der Waals surface area contributed by atoms with Crippen molar-refractivity contribution in [2.24, 2.45) is 0 Å². The van der Waals surface area contributed by atoms with Crippen LogP contribution >= 0.6 is 17.2 Å². The molecule has 6 heteroatoms. The number of hydrogen-bond donors (Lipinski definition) is 0. The molecule has 8 aromatic rings. The molecule has 0 radical (unpaired) electrons. The Morgan fingerprint density at radius 2 is 0.982 bits per heavy atom. The Bertz CT molecular complexity index is 2590. The fourth-order valence-corrected chi connectivity index (χ4v) is 9.57. The molecule has 0 bridgehead atoms. The van der Waals surface area contributed by atoms with Gasteiger partial charge in [-0.05, 0) is 56.6 Å². The minimum atomic E-state index is -1.26. The Kier molecular flexibility index (Phi) is 10.1. The van der Waals surface area contributed by atoms with Gasteiger partial charge in [0.1, 0.15) is 17.0 Å². The highest BCUT2D eigenvalue weighted by Crippen LogP contribution is 2.55. The van der Waals surface area contributed by atoms with Crippen molar-refractivity contribution in [3.63, 3.8) is 0 Å². The van der Waals surface area contributed by atoms with Crippen LogP contribution in [0.15, 0.2) is 158 Å². The van der Waals surface area contributed by atoms with Crippen LogP contribution in [0.5, 0.6) is 17.2 Å². The number of rotatable bonds is 9. The second kappa shape index (κ2) is 15.1. The van der Waals surface area contributed by atoms with Crippen LogP contribution in [0, 0.1) is 0 Å². The van der Waals surface area contributed by atoms with Gasteiger partial charge in [-0.15, -0.1) is 0 Å². The van der Waals surface area contributed by atoms with Gasteiger partial charge in [0.2, 0.25) is 0 Å². The lowest BCUT2D eigenvalue weighted by molar-refractivity contribution is 0.495. The summed E-state index contributed by atoms with van der Waals surface area (Å²) in [5.74, 6) is 2.35. The van der Waals surface area contributed by atoms with Crippen molar-refractivity contribution < 1.29 is 13.6 Å². The number of hydrogen-bond acceptors (Lipinski definition) is 4. The minimum absolute atomic E-state index is 0.257. The summed E-state index contributed by atoms with van der Waals surface area (Å²) in [6, 6.07) is 53.2. The number of para-hydroxylation sites is 1. The molecule has 0 spiro atoms. The standard InChI is InChI=1S/C49H45NO3P2/c1-48(2,3)40-31-34-19-13-15-27-38(34)43(46(40)52-54-51-42-29-17-21-33-22-18-30-50-45(33)42)44-39-28-16-14-20-35(39)32-41(49(4,5)6)47(44)53-55(36-23-9-7-10-24-36)37-25-11-8-12-26-37/h7-32,54H,1-6H3. The highest BCUT2D eigenvalue weighted by atomic mass is 31.1. The smallest absolute Gasteiger partial charge is 0.275 e. The number of pyridine rings is 1. The SMILES string of the molecule is CC(C)(C)c1cc2ccccc2c(-c2c(OP(c3ccccc3)c3ccccc3)c(C(C)(C)C)cc3ccccc23)c1OPOc1cccc2cccnc12. The van der Waals surface area contributed by atoms with Crippen molar-refractivity contribution >= 4 is 60.2 Å². The van der Waals surface area contributed by atoms with Crippen LogP contribution in [-0.4, -0.2) is 4.98 Å². The first-order valence-electron chi connectivity index (χ1n) is 18.7. The molecule has 1 aromatic heterocycles. The van der Waals surface area contributed by atoms with Crippen LogP contribution in [0.2, 0.25) is 0 Å². The molecule has 0 saturated heterocycles. The van der Waals surface area contributed by atoms with Gasteiger partial charge in [0.15, 0.2) is 13.9 Å². The van der Waals surface area contributed by atoms with Crippen LogP contribution in [-0.2, 0) is 10.8 Å². The Morgan fingerprint density at radius 3 is 1.56 bits per heavy atom. The van der Waals surface area contributed by atoms with E-state index in [4.69, 9.17) is 13.6 Å². The summed E-state index contributed by atoms with van der Waals surface area (Å²) in [5, 5.41) is 7.79. The fourth-order valence-electron chi connectivity index (χ4n) is 7.21. The highest BCUT2D eigenvalue weighted by Gasteiger charge is 2.32. The zero-order valence-electron chi connectivity index (χ0n) is 32.1. The van der Waals surface area contributed by atoms with Gasteiger partial charge in [-0.3, -0.25) is 4.98 Å². The van der Waals surface area contributed by atoms with E-state index in [1.807, 2.05) is 30.3 Å². The Labute approximate surface area is 327 Å². The molecule has 55 heavy (non-hydrogen) atoms. The van der Waals surface area contributed by atoms with Crippen molar-refractivity contribution in [1.82, 2.24) is 4.98 Å². The van der Waals surface area contributed by atoms with Crippen molar-refractivity contribution in [2.45, 2.75) is 52.4 Å². The average molecular weight is 758 g/mol. The first-order valence-corrected chi connectivity index (χ1v) is 20.8. The zero-order valence-corrected chi connectivity index (χ0v) is 34.0. The van der Waals surface area contributed by atoms with Crippen molar-refractivity contribution in [1.29, 1.82) is 0 Å². The van der Waals surface area contributed by atoms with Gasteiger partial charge in [0, 0.05) is 44.4 Å². The highest BCUT2D eigenvalue weighted by molar-refractivity contribution is 7.68. The lowest BCUT2D eigenvalue weighted by Crippen LogP contribution is -2.19. The minimum Gasteiger partial charge on any atom is -0.464 e. The molecule has 1 unspecified atom stereocenters. The summed E-state index contributed by atoms with van der Waals surface area (Å²) < 4.78 is 21.2. The van der Waals surface area contributed by atoms with Gasteiger partial charge >= 0.3 is 0 Å². The van der Waals surface area contributed by atoms with Crippen molar-refractivity contribution in [3.05, 3.63) is 169 Å². The van der Waals surface area contributed by atoms with Crippen LogP contribution in [0.3, 0.4) is 0 Å². The molecule has 1 heterocycles. The second-order valence-corrected chi connectivity index (χ2v) is 18.3. The van der Waals surface area contributed by atoms with Gasteiger partial charge in [0.25, 0.3) is 9.03 Å². The molecule has 0 amide bonds. The number of fused-ring (bicyclic) bond motifs is 3. The van der Waals surface area contributed by atoms with Gasteiger partial charge in [0.05, 0.1) is 0 Å². The van der Waals surface area contributed by atoms with Crippen LogP contribution in [0.25, 0.3) is 43.6 Å². The van der Waals surface area contributed by atoms with E-state index in [1.54, 1.807) is 6.20 Å². The van der Waals surface area contributed by atoms with Crippen LogP contribution < -0.4 is 24.2 Å². The van der Waals surface area contributed by atoms with E-state index in [0.717, 1.165) is 76.8 Å².